The molecule has 0 aliphatic carbocycles. The molecule has 1 heterocycles. The Bertz CT molecular complexity index is 1010. The fourth-order valence-corrected chi connectivity index (χ4v) is 2.86. The quantitative estimate of drug-likeness (QED) is 0.301. The van der Waals surface area contributed by atoms with E-state index >= 15 is 0 Å². The molecule has 0 radical (unpaired) electrons. The molecular weight excluding hydrogens is 404 g/mol. The van der Waals surface area contributed by atoms with Gasteiger partial charge in [-0.15, -0.1) is 0 Å². The van der Waals surface area contributed by atoms with Gasteiger partial charge in [-0.3, -0.25) is 0 Å². The van der Waals surface area contributed by atoms with E-state index in [1.165, 1.54) is 26.2 Å². The molecule has 0 saturated heterocycles. The number of rotatable bonds is 7. The van der Waals surface area contributed by atoms with Crippen molar-refractivity contribution in [3.05, 3.63) is 70.3 Å². The van der Waals surface area contributed by atoms with Gasteiger partial charge in [-0.1, -0.05) is 18.7 Å². The zero-order chi connectivity index (χ0) is 23.1. The third kappa shape index (κ3) is 5.30. The van der Waals surface area contributed by atoms with E-state index in [4.69, 9.17) is 19.9 Å². The normalized spacial score (nSPS) is 15.5. The smallest absolute Gasteiger partial charge is 0.340 e. The predicted octanol–water partition coefficient (Wildman–Crippen LogP) is 2.22. The molecule has 1 aliphatic rings. The van der Waals surface area contributed by atoms with Gasteiger partial charge in [-0.05, 0) is 31.5 Å². The number of allylic oxidation sites excluding steroid dienone is 2. The molecule has 2 rings (SSSR count). The largest absolute Gasteiger partial charge is 0.465 e. The monoisotopic (exact) mass is 426 g/mol. The lowest BCUT2D eigenvalue weighted by Crippen LogP contribution is -2.27. The third-order valence-corrected chi connectivity index (χ3v) is 4.39. The van der Waals surface area contributed by atoms with Crippen LogP contribution in [0, 0.1) is 11.3 Å². The number of ether oxygens (including phenoxy) is 4. The van der Waals surface area contributed by atoms with Gasteiger partial charge in [0.1, 0.15) is 24.5 Å². The molecule has 31 heavy (non-hydrogen) atoms. The van der Waals surface area contributed by atoms with Crippen molar-refractivity contribution in [3.8, 4) is 6.07 Å². The number of carbonyl (C=O) groups is 3. The maximum absolute atomic E-state index is 12.8. The van der Waals surface area contributed by atoms with Gasteiger partial charge in [0.15, 0.2) is 0 Å². The van der Waals surface area contributed by atoms with Crippen molar-refractivity contribution in [2.75, 3.05) is 20.3 Å². The Morgan fingerprint density at radius 2 is 1.77 bits per heavy atom. The Hall–Kier alpha value is -4.06. The molecule has 1 aromatic carbocycles. The summed E-state index contributed by atoms with van der Waals surface area (Å²) in [5.41, 5.74) is 7.09. The topological polar surface area (TPSA) is 138 Å². The summed E-state index contributed by atoms with van der Waals surface area (Å²) in [4.78, 5) is 35.8. The summed E-state index contributed by atoms with van der Waals surface area (Å²) >= 11 is 0. The van der Waals surface area contributed by atoms with Gasteiger partial charge in [-0.25, -0.2) is 14.4 Å². The number of esters is 3. The van der Waals surface area contributed by atoms with Gasteiger partial charge in [0.05, 0.1) is 30.2 Å². The van der Waals surface area contributed by atoms with Crippen LogP contribution in [0.4, 0.5) is 0 Å². The van der Waals surface area contributed by atoms with Gasteiger partial charge < -0.3 is 24.7 Å². The third-order valence-electron chi connectivity index (χ3n) is 4.39. The van der Waals surface area contributed by atoms with Gasteiger partial charge >= 0.3 is 17.9 Å². The van der Waals surface area contributed by atoms with E-state index in [0.29, 0.717) is 11.1 Å². The zero-order valence-corrected chi connectivity index (χ0v) is 17.4. The average Bonchev–Trinajstić information content (AvgIpc) is 2.75. The van der Waals surface area contributed by atoms with Crippen molar-refractivity contribution in [3.63, 3.8) is 0 Å². The maximum atomic E-state index is 12.8. The molecule has 0 aromatic heterocycles. The number of nitriles is 1. The number of benzene rings is 1. The minimum atomic E-state index is -0.865. The Labute approximate surface area is 179 Å². The standard InChI is InChI=1S/C22H22N2O7/c1-12(2)20(25)29-9-10-30-22(27)18-17(16(11-23)13(3)31-19(18)24)14-5-7-15(8-6-14)21(26)28-4/h5-8,17H,1,9-10,24H2,2-4H3. The van der Waals surface area contributed by atoms with Gasteiger partial charge in [0.25, 0.3) is 0 Å². The highest BCUT2D eigenvalue weighted by Gasteiger charge is 2.36. The second kappa shape index (κ2) is 10.1. The molecule has 0 bridgehead atoms. The SMILES string of the molecule is C=C(C)C(=O)OCCOC(=O)C1=C(N)OC(C)=C(C#N)C1c1ccc(C(=O)OC)cc1. The van der Waals surface area contributed by atoms with Crippen LogP contribution in [-0.4, -0.2) is 38.2 Å². The Morgan fingerprint density at radius 1 is 1.16 bits per heavy atom. The first-order valence-electron chi connectivity index (χ1n) is 9.17. The van der Waals surface area contributed by atoms with E-state index in [2.05, 4.69) is 11.3 Å². The summed E-state index contributed by atoms with van der Waals surface area (Å²) in [5.74, 6) is -2.78. The summed E-state index contributed by atoms with van der Waals surface area (Å²) in [5, 5.41) is 9.64. The van der Waals surface area contributed by atoms with Crippen LogP contribution < -0.4 is 5.73 Å². The average molecular weight is 426 g/mol. The minimum Gasteiger partial charge on any atom is -0.465 e. The van der Waals surface area contributed by atoms with Crippen LogP contribution in [0.25, 0.3) is 0 Å². The van der Waals surface area contributed by atoms with E-state index in [1.807, 2.05) is 6.07 Å². The van der Waals surface area contributed by atoms with Crippen LogP contribution in [0.15, 0.2) is 59.2 Å². The van der Waals surface area contributed by atoms with Crippen LogP contribution in [0.3, 0.4) is 0 Å². The van der Waals surface area contributed by atoms with Crippen LogP contribution in [0.5, 0.6) is 0 Å². The summed E-state index contributed by atoms with van der Waals surface area (Å²) in [6, 6.07) is 8.23. The molecule has 0 spiro atoms. The van der Waals surface area contributed by atoms with Gasteiger partial charge in [-0.2, -0.15) is 5.26 Å². The molecule has 0 amide bonds. The number of methoxy groups -OCH3 is 1. The summed E-state index contributed by atoms with van der Waals surface area (Å²) in [6.45, 7) is 6.10. The molecule has 1 unspecified atom stereocenters. The lowest BCUT2D eigenvalue weighted by atomic mass is 9.83. The second-order valence-corrected chi connectivity index (χ2v) is 6.56. The van der Waals surface area contributed by atoms with Crippen LogP contribution >= 0.6 is 0 Å². The van der Waals surface area contributed by atoms with Crippen LogP contribution in [-0.2, 0) is 28.5 Å². The minimum absolute atomic E-state index is 0.0702. The highest BCUT2D eigenvalue weighted by molar-refractivity contribution is 5.93. The van der Waals surface area contributed by atoms with Gasteiger partial charge in [0, 0.05) is 5.57 Å². The lowest BCUT2D eigenvalue weighted by molar-refractivity contribution is -0.147. The maximum Gasteiger partial charge on any atom is 0.340 e. The Morgan fingerprint density at radius 3 is 2.32 bits per heavy atom. The van der Waals surface area contributed by atoms with Crippen molar-refractivity contribution in [1.29, 1.82) is 5.26 Å². The molecule has 1 aliphatic heterocycles. The van der Waals surface area contributed by atoms with E-state index in [-0.39, 0.29) is 41.6 Å². The van der Waals surface area contributed by atoms with Crippen molar-refractivity contribution in [1.82, 2.24) is 0 Å². The highest BCUT2D eigenvalue weighted by atomic mass is 16.6. The van der Waals surface area contributed by atoms with E-state index in [9.17, 15) is 19.6 Å². The number of nitrogens with two attached hydrogens (primary N) is 1. The first-order valence-corrected chi connectivity index (χ1v) is 9.17. The molecule has 1 aromatic rings. The second-order valence-electron chi connectivity index (χ2n) is 6.56. The molecule has 0 fully saturated rings. The molecular formula is C22H22N2O7. The molecule has 9 nitrogen and oxygen atoms in total. The molecule has 1 atom stereocenters. The predicted molar refractivity (Wildman–Crippen MR) is 108 cm³/mol. The number of nitrogens with zero attached hydrogens (tertiary/aromatic N) is 1. The molecule has 0 saturated carbocycles. The number of hydrogen-bond acceptors (Lipinski definition) is 9. The van der Waals surface area contributed by atoms with Crippen molar-refractivity contribution in [2.45, 2.75) is 19.8 Å². The summed E-state index contributed by atoms with van der Waals surface area (Å²) < 4.78 is 20.1. The van der Waals surface area contributed by atoms with Gasteiger partial charge in [0.2, 0.25) is 5.88 Å². The van der Waals surface area contributed by atoms with Crippen molar-refractivity contribution in [2.24, 2.45) is 5.73 Å². The summed E-state index contributed by atoms with van der Waals surface area (Å²) in [7, 11) is 1.26. The Kier molecular flexibility index (Phi) is 7.58. The van der Waals surface area contributed by atoms with E-state index < -0.39 is 23.8 Å². The fourth-order valence-electron chi connectivity index (χ4n) is 2.86. The van der Waals surface area contributed by atoms with Crippen LogP contribution in [0.1, 0.15) is 35.7 Å². The van der Waals surface area contributed by atoms with Crippen molar-refractivity contribution >= 4 is 17.9 Å². The number of hydrogen-bond donors (Lipinski definition) is 1. The first-order chi connectivity index (χ1) is 14.7. The van der Waals surface area contributed by atoms with Crippen molar-refractivity contribution < 1.29 is 33.3 Å². The summed E-state index contributed by atoms with van der Waals surface area (Å²) in [6.07, 6.45) is 0. The van der Waals surface area contributed by atoms with E-state index in [1.54, 1.807) is 19.1 Å². The lowest BCUT2D eigenvalue weighted by Gasteiger charge is -2.26. The Balaban J connectivity index is 2.29. The molecule has 2 N–H and O–H groups in total. The number of carbonyl (C=O) groups excluding carboxylic acids is 3. The molecule has 9 heteroatoms. The van der Waals surface area contributed by atoms with E-state index in [0.717, 1.165) is 0 Å². The molecule has 162 valence electrons. The highest BCUT2D eigenvalue weighted by Crippen LogP contribution is 2.39. The first kappa shape index (κ1) is 23.2. The fraction of sp³-hybridized carbons (Fsp3) is 0.273. The zero-order valence-electron chi connectivity index (χ0n) is 17.4. The van der Waals surface area contributed by atoms with Crippen LogP contribution in [0.2, 0.25) is 0 Å².